The van der Waals surface area contributed by atoms with Crippen molar-refractivity contribution in [3.05, 3.63) is 59.0 Å². The summed E-state index contributed by atoms with van der Waals surface area (Å²) in [6, 6.07) is 12.9. The van der Waals surface area contributed by atoms with E-state index in [-0.39, 0.29) is 22.1 Å². The lowest BCUT2D eigenvalue weighted by atomic mass is 10.1. The molecule has 3 amide bonds. The molecule has 0 bridgehead atoms. The molecule has 1 fully saturated rings. The van der Waals surface area contributed by atoms with Crippen LogP contribution in [0.3, 0.4) is 0 Å². The highest BCUT2D eigenvalue weighted by molar-refractivity contribution is 8.19. The Balaban J connectivity index is 1.84. The fourth-order valence-corrected chi connectivity index (χ4v) is 3.86. The average Bonchev–Trinajstić information content (AvgIpc) is 3.03. The van der Waals surface area contributed by atoms with Crippen molar-refractivity contribution in [1.29, 1.82) is 0 Å². The molecular formula is C18H12N2O4S. The van der Waals surface area contributed by atoms with Gasteiger partial charge in [-0.25, -0.2) is 4.90 Å². The number of carbonyl (C=O) groups is 3. The number of imide groups is 1. The lowest BCUT2D eigenvalue weighted by molar-refractivity contribution is -0.115. The van der Waals surface area contributed by atoms with Crippen molar-refractivity contribution in [2.24, 2.45) is 0 Å². The molecule has 0 spiro atoms. The Bertz CT molecular complexity index is 965. The number of carbonyl (C=O) groups excluding carboxylic acids is 3. The standard InChI is InChI=1S/C18H12N2O4S/c1-19-13-5-3-2-4-12(13)14(16(19)22)15-17(23)20(18(24)25-15)10-6-8-11(21)9-7-10/h2-9,21H,1H3/b15-14+. The van der Waals surface area contributed by atoms with Gasteiger partial charge < -0.3 is 10.0 Å². The first-order valence-electron chi connectivity index (χ1n) is 7.46. The number of nitrogens with zero attached hydrogens (tertiary/aromatic N) is 2. The molecule has 25 heavy (non-hydrogen) atoms. The van der Waals surface area contributed by atoms with E-state index in [0.29, 0.717) is 16.9 Å². The molecule has 124 valence electrons. The maximum Gasteiger partial charge on any atom is 0.298 e. The molecule has 2 aliphatic heterocycles. The second-order valence-corrected chi connectivity index (χ2v) is 6.57. The molecule has 0 radical (unpaired) electrons. The van der Waals surface area contributed by atoms with Crippen molar-refractivity contribution in [2.45, 2.75) is 0 Å². The summed E-state index contributed by atoms with van der Waals surface area (Å²) in [6.45, 7) is 0. The number of fused-ring (bicyclic) bond motifs is 1. The van der Waals surface area contributed by atoms with E-state index in [1.54, 1.807) is 25.2 Å². The number of anilines is 2. The zero-order chi connectivity index (χ0) is 17.7. The Labute approximate surface area is 147 Å². The Kier molecular flexibility index (Phi) is 3.40. The highest BCUT2D eigenvalue weighted by Gasteiger charge is 2.43. The number of rotatable bonds is 1. The van der Waals surface area contributed by atoms with Crippen molar-refractivity contribution >= 4 is 45.8 Å². The monoisotopic (exact) mass is 352 g/mol. The van der Waals surface area contributed by atoms with E-state index in [9.17, 15) is 19.5 Å². The van der Waals surface area contributed by atoms with Crippen LogP contribution in [0.5, 0.6) is 5.75 Å². The van der Waals surface area contributed by atoms with E-state index in [1.807, 2.05) is 6.07 Å². The van der Waals surface area contributed by atoms with Gasteiger partial charge in [0.1, 0.15) is 5.75 Å². The Morgan fingerprint density at radius 2 is 1.60 bits per heavy atom. The van der Waals surface area contributed by atoms with Gasteiger partial charge in [-0.05, 0) is 42.1 Å². The minimum Gasteiger partial charge on any atom is -0.508 e. The van der Waals surface area contributed by atoms with Crippen LogP contribution in [0.1, 0.15) is 5.56 Å². The summed E-state index contributed by atoms with van der Waals surface area (Å²) in [5.41, 5.74) is 1.95. The highest BCUT2D eigenvalue weighted by atomic mass is 32.2. The Hall–Kier alpha value is -3.06. The molecule has 2 aliphatic rings. The van der Waals surface area contributed by atoms with Crippen LogP contribution in [0.2, 0.25) is 0 Å². The minimum atomic E-state index is -0.533. The van der Waals surface area contributed by atoms with Gasteiger partial charge in [-0.2, -0.15) is 0 Å². The molecular weight excluding hydrogens is 340 g/mol. The summed E-state index contributed by atoms with van der Waals surface area (Å²) in [5.74, 6) is -0.804. The summed E-state index contributed by atoms with van der Waals surface area (Å²) in [7, 11) is 1.64. The molecule has 7 heteroatoms. The van der Waals surface area contributed by atoms with Gasteiger partial charge >= 0.3 is 0 Å². The molecule has 0 aromatic heterocycles. The summed E-state index contributed by atoms with van der Waals surface area (Å²) in [4.78, 5) is 40.5. The first-order valence-corrected chi connectivity index (χ1v) is 8.27. The quantitative estimate of drug-likeness (QED) is 0.799. The Morgan fingerprint density at radius 1 is 0.920 bits per heavy atom. The number of para-hydroxylation sites is 1. The SMILES string of the molecule is CN1C(=O)/C(=C2/SC(=O)N(c3ccc(O)cc3)C2=O)c2ccccc21. The van der Waals surface area contributed by atoms with E-state index in [1.165, 1.54) is 29.2 Å². The fraction of sp³-hybridized carbons (Fsp3) is 0.0556. The lowest BCUT2D eigenvalue weighted by Gasteiger charge is -2.12. The molecule has 0 unspecified atom stereocenters. The van der Waals surface area contributed by atoms with Crippen LogP contribution < -0.4 is 9.80 Å². The molecule has 2 aromatic rings. The molecule has 0 saturated carbocycles. The topological polar surface area (TPSA) is 77.9 Å². The molecule has 1 N–H and O–H groups in total. The highest BCUT2D eigenvalue weighted by Crippen LogP contribution is 2.44. The molecule has 2 aromatic carbocycles. The van der Waals surface area contributed by atoms with Gasteiger partial charge in [-0.15, -0.1) is 0 Å². The van der Waals surface area contributed by atoms with E-state index in [2.05, 4.69) is 0 Å². The Morgan fingerprint density at radius 3 is 2.32 bits per heavy atom. The first-order chi connectivity index (χ1) is 12.0. The number of thioether (sulfide) groups is 1. The zero-order valence-corrected chi connectivity index (χ0v) is 13.9. The first kappa shape index (κ1) is 15.5. The van der Waals surface area contributed by atoms with Crippen LogP contribution in [-0.2, 0) is 9.59 Å². The summed E-state index contributed by atoms with van der Waals surface area (Å²) >= 11 is 0.755. The average molecular weight is 352 g/mol. The van der Waals surface area contributed by atoms with Crippen LogP contribution in [0.15, 0.2) is 53.4 Å². The van der Waals surface area contributed by atoms with Crippen molar-refractivity contribution < 1.29 is 19.5 Å². The van der Waals surface area contributed by atoms with Crippen molar-refractivity contribution in [1.82, 2.24) is 0 Å². The van der Waals surface area contributed by atoms with Gasteiger partial charge in [0.2, 0.25) is 0 Å². The molecule has 0 aliphatic carbocycles. The largest absolute Gasteiger partial charge is 0.508 e. The number of hydrogen-bond acceptors (Lipinski definition) is 5. The number of hydrogen-bond donors (Lipinski definition) is 1. The molecule has 4 rings (SSSR count). The summed E-state index contributed by atoms with van der Waals surface area (Å²) in [5, 5.41) is 8.90. The normalized spacial score (nSPS) is 19.8. The predicted molar refractivity (Wildman–Crippen MR) is 95.4 cm³/mol. The minimum absolute atomic E-state index is 0.0376. The van der Waals surface area contributed by atoms with Crippen molar-refractivity contribution in [3.8, 4) is 5.75 Å². The van der Waals surface area contributed by atoms with Gasteiger partial charge in [-0.3, -0.25) is 14.4 Å². The van der Waals surface area contributed by atoms with E-state index < -0.39 is 11.1 Å². The van der Waals surface area contributed by atoms with E-state index in [4.69, 9.17) is 0 Å². The smallest absolute Gasteiger partial charge is 0.298 e. The van der Waals surface area contributed by atoms with Crippen molar-refractivity contribution in [3.63, 3.8) is 0 Å². The predicted octanol–water partition coefficient (Wildman–Crippen LogP) is 2.98. The lowest BCUT2D eigenvalue weighted by Crippen LogP contribution is -2.28. The van der Waals surface area contributed by atoms with Crippen LogP contribution in [-0.4, -0.2) is 29.2 Å². The van der Waals surface area contributed by atoms with Crippen molar-refractivity contribution in [2.75, 3.05) is 16.8 Å². The summed E-state index contributed by atoms with van der Waals surface area (Å²) < 4.78 is 0. The van der Waals surface area contributed by atoms with Gasteiger partial charge in [0, 0.05) is 12.6 Å². The third kappa shape index (κ3) is 2.24. The number of likely N-dealkylation sites (N-methyl/N-ethyl adjacent to an activating group) is 1. The van der Waals surface area contributed by atoms with Gasteiger partial charge in [-0.1, -0.05) is 18.2 Å². The number of aromatic hydroxyl groups is 1. The van der Waals surface area contributed by atoms with Crippen LogP contribution in [0, 0.1) is 0 Å². The molecule has 2 heterocycles. The zero-order valence-electron chi connectivity index (χ0n) is 13.1. The van der Waals surface area contributed by atoms with Crippen LogP contribution in [0.25, 0.3) is 5.57 Å². The number of amides is 3. The maximum absolute atomic E-state index is 12.8. The van der Waals surface area contributed by atoms with Gasteiger partial charge in [0.25, 0.3) is 17.1 Å². The molecule has 1 saturated heterocycles. The molecule has 6 nitrogen and oxygen atoms in total. The molecule has 0 atom stereocenters. The summed E-state index contributed by atoms with van der Waals surface area (Å²) in [6.07, 6.45) is 0. The number of phenols is 1. The van der Waals surface area contributed by atoms with E-state index in [0.717, 1.165) is 16.7 Å². The third-order valence-electron chi connectivity index (χ3n) is 4.16. The number of benzene rings is 2. The second-order valence-electron chi connectivity index (χ2n) is 5.61. The van der Waals surface area contributed by atoms with Gasteiger partial charge in [0.15, 0.2) is 0 Å². The van der Waals surface area contributed by atoms with E-state index >= 15 is 0 Å². The third-order valence-corrected chi connectivity index (χ3v) is 5.10. The van der Waals surface area contributed by atoms with Crippen LogP contribution >= 0.6 is 11.8 Å². The van der Waals surface area contributed by atoms with Crippen LogP contribution in [0.4, 0.5) is 16.2 Å². The number of phenolic OH excluding ortho intramolecular Hbond substituents is 1. The second kappa shape index (κ2) is 5.49. The fourth-order valence-electron chi connectivity index (χ4n) is 2.93. The maximum atomic E-state index is 12.8. The van der Waals surface area contributed by atoms with Gasteiger partial charge in [0.05, 0.1) is 21.9 Å².